The fraction of sp³-hybridized carbons (Fsp3) is 0.644. The fourth-order valence-corrected chi connectivity index (χ4v) is 6.97. The lowest BCUT2D eigenvalue weighted by Gasteiger charge is -2.16. The number of carbonyl (C=O) groups is 1. The lowest BCUT2D eigenvalue weighted by molar-refractivity contribution is -0.154. The first-order valence-corrected chi connectivity index (χ1v) is 26.1. The maximum Gasteiger partial charge on any atom is 0.306 e. The van der Waals surface area contributed by atoms with E-state index < -0.39 is 6.10 Å². The SMILES string of the molecule is CC/C=C\C/C=C\C/C=C\C/C=C\C/C=C\C/C=C\CCCCCCCCC(=O)OC(CO)COCCCCCCCCCCCCCCC/C=C\C/C=C\C/C=C\C/C=C\CC. The van der Waals surface area contributed by atoms with Crippen molar-refractivity contribution in [2.45, 2.75) is 225 Å². The summed E-state index contributed by atoms with van der Waals surface area (Å²) in [6, 6.07) is 0. The molecule has 0 aromatic rings. The van der Waals surface area contributed by atoms with Crippen molar-refractivity contribution in [3.8, 4) is 0 Å². The van der Waals surface area contributed by atoms with E-state index in [1.165, 1.54) is 103 Å². The quantitative estimate of drug-likeness (QED) is 0.0376. The number of aliphatic hydroxyl groups excluding tert-OH is 1. The molecule has 0 bridgehead atoms. The summed E-state index contributed by atoms with van der Waals surface area (Å²) in [5.74, 6) is -0.219. The first-order chi connectivity index (χ1) is 31.2. The molecule has 0 heterocycles. The molecule has 0 aromatic heterocycles. The number of carbonyl (C=O) groups excluding carboxylic acids is 1. The normalized spacial score (nSPS) is 13.4. The molecular weight excluding hydrogens is 773 g/mol. The molecule has 63 heavy (non-hydrogen) atoms. The zero-order chi connectivity index (χ0) is 45.5. The van der Waals surface area contributed by atoms with Crippen LogP contribution in [0.15, 0.2) is 122 Å². The van der Waals surface area contributed by atoms with Gasteiger partial charge in [0.15, 0.2) is 0 Å². The summed E-state index contributed by atoms with van der Waals surface area (Å²) >= 11 is 0. The van der Waals surface area contributed by atoms with Crippen LogP contribution in [0.5, 0.6) is 0 Å². The molecule has 0 aliphatic rings. The minimum atomic E-state index is -0.553. The highest BCUT2D eigenvalue weighted by molar-refractivity contribution is 5.69. The van der Waals surface area contributed by atoms with E-state index in [-0.39, 0.29) is 19.2 Å². The Labute approximate surface area is 390 Å². The molecule has 0 fully saturated rings. The molecular formula is C59H98O4. The number of aliphatic hydroxyl groups is 1. The molecule has 0 saturated heterocycles. The van der Waals surface area contributed by atoms with Crippen LogP contribution >= 0.6 is 0 Å². The number of esters is 1. The molecule has 1 atom stereocenters. The zero-order valence-corrected chi connectivity index (χ0v) is 41.0. The van der Waals surface area contributed by atoms with Crippen molar-refractivity contribution in [2.75, 3.05) is 19.8 Å². The third-order valence-electron chi connectivity index (χ3n) is 10.8. The average molecular weight is 871 g/mol. The third kappa shape index (κ3) is 53.0. The van der Waals surface area contributed by atoms with Crippen molar-refractivity contribution in [3.63, 3.8) is 0 Å². The fourth-order valence-electron chi connectivity index (χ4n) is 6.97. The van der Waals surface area contributed by atoms with Gasteiger partial charge in [-0.3, -0.25) is 4.79 Å². The van der Waals surface area contributed by atoms with E-state index in [9.17, 15) is 9.90 Å². The Bertz CT molecular complexity index is 1240. The predicted molar refractivity (Wildman–Crippen MR) is 278 cm³/mol. The van der Waals surface area contributed by atoms with Crippen molar-refractivity contribution in [2.24, 2.45) is 0 Å². The van der Waals surface area contributed by atoms with E-state index in [0.29, 0.717) is 13.0 Å². The first kappa shape index (κ1) is 59.8. The van der Waals surface area contributed by atoms with Gasteiger partial charge in [-0.2, -0.15) is 0 Å². The lowest BCUT2D eigenvalue weighted by atomic mass is 10.0. The molecule has 4 heteroatoms. The maximum atomic E-state index is 12.3. The number of rotatable bonds is 47. The molecule has 0 saturated carbocycles. The Morgan fingerprint density at radius 3 is 1.00 bits per heavy atom. The number of unbranched alkanes of at least 4 members (excludes halogenated alkanes) is 19. The van der Waals surface area contributed by atoms with Crippen LogP contribution in [0.1, 0.15) is 219 Å². The summed E-state index contributed by atoms with van der Waals surface area (Å²) in [4.78, 5) is 12.3. The van der Waals surface area contributed by atoms with Gasteiger partial charge in [0.1, 0.15) is 6.10 Å². The van der Waals surface area contributed by atoms with Gasteiger partial charge in [0.05, 0.1) is 13.2 Å². The monoisotopic (exact) mass is 871 g/mol. The topological polar surface area (TPSA) is 55.8 Å². The molecule has 1 unspecified atom stereocenters. The minimum absolute atomic E-state index is 0.185. The molecule has 0 aromatic carbocycles. The van der Waals surface area contributed by atoms with Gasteiger partial charge in [-0.05, 0) is 103 Å². The highest BCUT2D eigenvalue weighted by Crippen LogP contribution is 2.14. The van der Waals surface area contributed by atoms with Gasteiger partial charge in [0.2, 0.25) is 0 Å². The van der Waals surface area contributed by atoms with Crippen molar-refractivity contribution in [1.29, 1.82) is 0 Å². The van der Waals surface area contributed by atoms with Crippen molar-refractivity contribution in [3.05, 3.63) is 122 Å². The molecule has 4 nitrogen and oxygen atoms in total. The van der Waals surface area contributed by atoms with Gasteiger partial charge in [-0.25, -0.2) is 0 Å². The predicted octanol–water partition coefficient (Wildman–Crippen LogP) is 18.0. The van der Waals surface area contributed by atoms with Gasteiger partial charge >= 0.3 is 5.97 Å². The second-order valence-electron chi connectivity index (χ2n) is 16.8. The second kappa shape index (κ2) is 54.9. The Hall–Kier alpha value is -3.21. The van der Waals surface area contributed by atoms with Crippen LogP contribution in [-0.4, -0.2) is 37.0 Å². The summed E-state index contributed by atoms with van der Waals surface area (Å²) < 4.78 is 11.2. The van der Waals surface area contributed by atoms with E-state index in [4.69, 9.17) is 9.47 Å². The first-order valence-electron chi connectivity index (χ1n) is 26.1. The molecule has 0 aliphatic heterocycles. The van der Waals surface area contributed by atoms with Crippen molar-refractivity contribution < 1.29 is 19.4 Å². The zero-order valence-electron chi connectivity index (χ0n) is 41.0. The molecule has 0 spiro atoms. The van der Waals surface area contributed by atoms with E-state index in [2.05, 4.69) is 135 Å². The van der Waals surface area contributed by atoms with Crippen LogP contribution in [0.4, 0.5) is 0 Å². The number of hydrogen-bond acceptors (Lipinski definition) is 4. The van der Waals surface area contributed by atoms with Crippen LogP contribution < -0.4 is 0 Å². The van der Waals surface area contributed by atoms with Crippen LogP contribution in [0, 0.1) is 0 Å². The molecule has 0 rings (SSSR count). The molecule has 358 valence electrons. The summed E-state index contributed by atoms with van der Waals surface area (Å²) in [5.41, 5.74) is 0. The van der Waals surface area contributed by atoms with Crippen LogP contribution in [0.2, 0.25) is 0 Å². The molecule has 0 aliphatic carbocycles. The highest BCUT2D eigenvalue weighted by atomic mass is 16.6. The summed E-state index contributed by atoms with van der Waals surface area (Å²) in [5, 5.41) is 9.66. The van der Waals surface area contributed by atoms with Gasteiger partial charge < -0.3 is 14.6 Å². The van der Waals surface area contributed by atoms with Gasteiger partial charge in [0.25, 0.3) is 0 Å². The highest BCUT2D eigenvalue weighted by Gasteiger charge is 2.13. The number of ether oxygens (including phenoxy) is 2. The van der Waals surface area contributed by atoms with E-state index in [0.717, 1.165) is 96.3 Å². The smallest absolute Gasteiger partial charge is 0.306 e. The average Bonchev–Trinajstić information content (AvgIpc) is 3.29. The lowest BCUT2D eigenvalue weighted by Crippen LogP contribution is -2.27. The molecule has 0 amide bonds. The Morgan fingerprint density at radius 2 is 0.667 bits per heavy atom. The van der Waals surface area contributed by atoms with E-state index >= 15 is 0 Å². The minimum Gasteiger partial charge on any atom is -0.457 e. The second-order valence-corrected chi connectivity index (χ2v) is 16.8. The summed E-state index contributed by atoms with van der Waals surface area (Å²) in [6.07, 6.45) is 81.5. The van der Waals surface area contributed by atoms with Gasteiger partial charge in [-0.15, -0.1) is 0 Å². The summed E-state index contributed by atoms with van der Waals surface area (Å²) in [7, 11) is 0. The van der Waals surface area contributed by atoms with Gasteiger partial charge in [-0.1, -0.05) is 232 Å². The van der Waals surface area contributed by atoms with Crippen LogP contribution in [0.3, 0.4) is 0 Å². The standard InChI is InChI=1S/C59H98O4/c1-3-5-7-9-11-13-15-17-19-21-23-25-27-29-31-33-35-37-39-41-43-45-47-49-51-53-55-62-57-58(56-60)63-59(61)54-52-50-48-46-44-42-40-38-36-34-32-30-28-26-24-22-20-18-16-14-12-10-8-6-4-2/h5-8,11-14,17-20,23-26,30,32,36,38,58,60H,3-4,9-10,15-16,21-22,27-29,31,33-35,37,39-57H2,1-2H3/b7-5-,8-6-,13-11-,14-12-,19-17-,20-18-,25-23-,26-24-,32-30-,38-36-. The maximum absolute atomic E-state index is 12.3. The van der Waals surface area contributed by atoms with Gasteiger partial charge in [0, 0.05) is 13.0 Å². The van der Waals surface area contributed by atoms with Crippen molar-refractivity contribution >= 4 is 5.97 Å². The van der Waals surface area contributed by atoms with Crippen molar-refractivity contribution in [1.82, 2.24) is 0 Å². The molecule has 0 radical (unpaired) electrons. The molecule has 1 N–H and O–H groups in total. The largest absolute Gasteiger partial charge is 0.457 e. The third-order valence-corrected chi connectivity index (χ3v) is 10.8. The Morgan fingerprint density at radius 1 is 0.381 bits per heavy atom. The Kier molecular flexibility index (Phi) is 52.1. The van der Waals surface area contributed by atoms with Crippen LogP contribution in [-0.2, 0) is 14.3 Å². The van der Waals surface area contributed by atoms with E-state index in [1.807, 2.05) is 0 Å². The number of hydrogen-bond donors (Lipinski definition) is 1. The van der Waals surface area contributed by atoms with E-state index in [1.54, 1.807) is 0 Å². The Balaban J connectivity index is 3.49. The number of allylic oxidation sites excluding steroid dienone is 20. The van der Waals surface area contributed by atoms with Crippen LogP contribution in [0.25, 0.3) is 0 Å². The summed E-state index contributed by atoms with van der Waals surface area (Å²) in [6.45, 7) is 5.10.